The van der Waals surface area contributed by atoms with Gasteiger partial charge < -0.3 is 4.74 Å². The summed E-state index contributed by atoms with van der Waals surface area (Å²) >= 11 is 5.98. The van der Waals surface area contributed by atoms with Gasteiger partial charge in [-0.05, 0) is 42.8 Å². The average Bonchev–Trinajstić information content (AvgIpc) is 2.66. The summed E-state index contributed by atoms with van der Waals surface area (Å²) in [5.41, 5.74) is 0.631. The Kier molecular flexibility index (Phi) is 5.97. The summed E-state index contributed by atoms with van der Waals surface area (Å²) in [6.07, 6.45) is 0. The van der Waals surface area contributed by atoms with Gasteiger partial charge in [-0.15, -0.1) is 0 Å². The molecule has 1 saturated heterocycles. The molecular formula is C17H18ClFN2O5S2. The molecule has 152 valence electrons. The van der Waals surface area contributed by atoms with Crippen LogP contribution >= 0.6 is 11.6 Å². The SMILES string of the molecule is Cc1ccc(S(=O)(=O)Nc2ccc(F)c(S(=O)(=O)N3CCOCC3)c2)cc1Cl. The topological polar surface area (TPSA) is 92.8 Å². The molecular weight excluding hydrogens is 431 g/mol. The monoisotopic (exact) mass is 448 g/mol. The van der Waals surface area contributed by atoms with Crippen LogP contribution in [-0.4, -0.2) is 47.4 Å². The van der Waals surface area contributed by atoms with Crippen molar-refractivity contribution in [1.29, 1.82) is 0 Å². The number of halogens is 2. The fourth-order valence-electron chi connectivity index (χ4n) is 2.65. The predicted octanol–water partition coefficient (Wildman–Crippen LogP) is 2.61. The van der Waals surface area contributed by atoms with Gasteiger partial charge in [-0.3, -0.25) is 4.72 Å². The Balaban J connectivity index is 1.93. The molecule has 0 radical (unpaired) electrons. The molecule has 1 N–H and O–H groups in total. The molecule has 1 fully saturated rings. The van der Waals surface area contributed by atoms with E-state index in [9.17, 15) is 21.2 Å². The van der Waals surface area contributed by atoms with E-state index in [0.717, 1.165) is 22.5 Å². The number of aryl methyl sites for hydroxylation is 1. The summed E-state index contributed by atoms with van der Waals surface area (Å²) in [5, 5.41) is 0.276. The molecule has 0 spiro atoms. The second-order valence-corrected chi connectivity index (χ2v) is 10.2. The number of hydrogen-bond donors (Lipinski definition) is 1. The minimum Gasteiger partial charge on any atom is -0.379 e. The summed E-state index contributed by atoms with van der Waals surface area (Å²) in [6, 6.07) is 7.24. The molecule has 0 bridgehead atoms. The van der Waals surface area contributed by atoms with Crippen LogP contribution < -0.4 is 4.72 Å². The first kappa shape index (κ1) is 21.0. The lowest BCUT2D eigenvalue weighted by Crippen LogP contribution is -2.40. The van der Waals surface area contributed by atoms with Crippen molar-refractivity contribution in [2.45, 2.75) is 16.7 Å². The van der Waals surface area contributed by atoms with E-state index in [0.29, 0.717) is 5.56 Å². The fraction of sp³-hybridized carbons (Fsp3) is 0.294. The van der Waals surface area contributed by atoms with E-state index in [1.54, 1.807) is 13.0 Å². The van der Waals surface area contributed by atoms with Crippen molar-refractivity contribution in [2.75, 3.05) is 31.0 Å². The number of nitrogens with one attached hydrogen (secondary N) is 1. The maximum absolute atomic E-state index is 14.2. The first-order valence-corrected chi connectivity index (χ1v) is 11.6. The van der Waals surface area contributed by atoms with E-state index < -0.39 is 30.8 Å². The van der Waals surface area contributed by atoms with Gasteiger partial charge in [0.1, 0.15) is 10.7 Å². The first-order chi connectivity index (χ1) is 13.1. The number of hydrogen-bond acceptors (Lipinski definition) is 5. The molecule has 0 amide bonds. The van der Waals surface area contributed by atoms with Crippen molar-refractivity contribution >= 4 is 37.3 Å². The molecule has 0 saturated carbocycles. The van der Waals surface area contributed by atoms with Crippen molar-refractivity contribution in [3.63, 3.8) is 0 Å². The van der Waals surface area contributed by atoms with E-state index in [-0.39, 0.29) is 41.9 Å². The van der Waals surface area contributed by atoms with E-state index in [1.165, 1.54) is 12.1 Å². The maximum Gasteiger partial charge on any atom is 0.261 e. The van der Waals surface area contributed by atoms with Crippen molar-refractivity contribution in [3.05, 3.63) is 52.8 Å². The maximum atomic E-state index is 14.2. The Morgan fingerprint density at radius 1 is 1.07 bits per heavy atom. The van der Waals surface area contributed by atoms with Crippen LogP contribution in [0.25, 0.3) is 0 Å². The van der Waals surface area contributed by atoms with Gasteiger partial charge in [-0.1, -0.05) is 17.7 Å². The van der Waals surface area contributed by atoms with Crippen LogP contribution in [0.3, 0.4) is 0 Å². The van der Waals surface area contributed by atoms with Crippen LogP contribution in [-0.2, 0) is 24.8 Å². The molecule has 2 aromatic rings. The normalized spacial score (nSPS) is 16.1. The molecule has 0 aliphatic carbocycles. The molecule has 0 aromatic heterocycles. The Morgan fingerprint density at radius 2 is 1.75 bits per heavy atom. The van der Waals surface area contributed by atoms with Crippen molar-refractivity contribution in [2.24, 2.45) is 0 Å². The van der Waals surface area contributed by atoms with E-state index >= 15 is 0 Å². The van der Waals surface area contributed by atoms with Crippen LogP contribution in [0.5, 0.6) is 0 Å². The summed E-state index contributed by atoms with van der Waals surface area (Å²) in [5.74, 6) is -0.965. The number of anilines is 1. The second kappa shape index (κ2) is 7.96. The van der Waals surface area contributed by atoms with Gasteiger partial charge in [0.2, 0.25) is 10.0 Å². The lowest BCUT2D eigenvalue weighted by atomic mass is 10.2. The number of rotatable bonds is 5. The zero-order valence-electron chi connectivity index (χ0n) is 14.9. The summed E-state index contributed by atoms with van der Waals surface area (Å²) in [4.78, 5) is -0.693. The molecule has 0 atom stereocenters. The standard InChI is InChI=1S/C17H18ClFN2O5S2/c1-12-2-4-14(11-15(12)18)27(22,23)20-13-3-5-16(19)17(10-13)28(24,25)21-6-8-26-9-7-21/h2-5,10-11,20H,6-9H2,1H3. The van der Waals surface area contributed by atoms with Gasteiger partial charge >= 0.3 is 0 Å². The zero-order chi connectivity index (χ0) is 20.5. The highest BCUT2D eigenvalue weighted by Gasteiger charge is 2.29. The molecule has 0 unspecified atom stereocenters. The highest BCUT2D eigenvalue weighted by Crippen LogP contribution is 2.26. The van der Waals surface area contributed by atoms with Crippen LogP contribution in [0.4, 0.5) is 10.1 Å². The van der Waals surface area contributed by atoms with Crippen LogP contribution in [0.2, 0.25) is 5.02 Å². The van der Waals surface area contributed by atoms with Gasteiger partial charge in [-0.25, -0.2) is 21.2 Å². The van der Waals surface area contributed by atoms with Crippen LogP contribution in [0.15, 0.2) is 46.2 Å². The molecule has 7 nitrogen and oxygen atoms in total. The lowest BCUT2D eigenvalue weighted by molar-refractivity contribution is 0.0729. The quantitative estimate of drug-likeness (QED) is 0.759. The number of nitrogens with zero attached hydrogens (tertiary/aromatic N) is 1. The third-order valence-electron chi connectivity index (χ3n) is 4.22. The molecule has 1 aliphatic rings. The highest BCUT2D eigenvalue weighted by atomic mass is 35.5. The van der Waals surface area contributed by atoms with Gasteiger partial charge in [-0.2, -0.15) is 4.31 Å². The van der Waals surface area contributed by atoms with Crippen LogP contribution in [0.1, 0.15) is 5.56 Å². The Hall–Kier alpha value is -1.72. The molecule has 1 heterocycles. The molecule has 2 aromatic carbocycles. The number of sulfonamides is 2. The van der Waals surface area contributed by atoms with Crippen molar-refractivity contribution < 1.29 is 26.0 Å². The largest absolute Gasteiger partial charge is 0.379 e. The van der Waals surface area contributed by atoms with Gasteiger partial charge in [0.25, 0.3) is 10.0 Å². The van der Waals surface area contributed by atoms with Crippen molar-refractivity contribution in [3.8, 4) is 0 Å². The molecule has 28 heavy (non-hydrogen) atoms. The Morgan fingerprint density at radius 3 is 2.39 bits per heavy atom. The van der Waals surface area contributed by atoms with Gasteiger partial charge in [0.05, 0.1) is 23.8 Å². The van der Waals surface area contributed by atoms with E-state index in [4.69, 9.17) is 16.3 Å². The summed E-state index contributed by atoms with van der Waals surface area (Å²) in [6.45, 7) is 2.34. The minimum atomic E-state index is -4.13. The number of morpholine rings is 1. The van der Waals surface area contributed by atoms with Crippen molar-refractivity contribution in [1.82, 2.24) is 4.31 Å². The number of ether oxygens (including phenoxy) is 1. The molecule has 3 rings (SSSR count). The molecule has 11 heteroatoms. The summed E-state index contributed by atoms with van der Waals surface area (Å²) in [7, 11) is -8.16. The van der Waals surface area contributed by atoms with Gasteiger partial charge in [0.15, 0.2) is 0 Å². The third-order valence-corrected chi connectivity index (χ3v) is 7.92. The fourth-order valence-corrected chi connectivity index (χ4v) is 5.46. The highest BCUT2D eigenvalue weighted by molar-refractivity contribution is 7.92. The minimum absolute atomic E-state index is 0.0788. The smallest absolute Gasteiger partial charge is 0.261 e. The zero-order valence-corrected chi connectivity index (χ0v) is 17.2. The average molecular weight is 449 g/mol. The second-order valence-electron chi connectivity index (χ2n) is 6.18. The first-order valence-electron chi connectivity index (χ1n) is 8.28. The number of benzene rings is 2. The lowest BCUT2D eigenvalue weighted by Gasteiger charge is -2.26. The van der Waals surface area contributed by atoms with Gasteiger partial charge in [0, 0.05) is 18.1 Å². The van der Waals surface area contributed by atoms with E-state index in [1.807, 2.05) is 0 Å². The predicted molar refractivity (Wildman–Crippen MR) is 103 cm³/mol. The Labute approximate surface area is 168 Å². The third kappa shape index (κ3) is 4.31. The summed E-state index contributed by atoms with van der Waals surface area (Å²) < 4.78 is 73.3. The van der Waals surface area contributed by atoms with E-state index in [2.05, 4.69) is 4.72 Å². The molecule has 1 aliphatic heterocycles. The Bertz CT molecular complexity index is 1100. The van der Waals surface area contributed by atoms with Crippen LogP contribution in [0, 0.1) is 12.7 Å².